The smallest absolute Gasteiger partial charge is 0.291 e. The Morgan fingerprint density at radius 3 is 2.67 bits per heavy atom. The van der Waals surface area contributed by atoms with Crippen molar-refractivity contribution in [1.82, 2.24) is 4.72 Å². The van der Waals surface area contributed by atoms with E-state index in [2.05, 4.69) is 15.0 Å². The Bertz CT molecular complexity index is 1230. The SMILES string of the molecule is O=C(Nc1cccc(S(=O)(=O)NC2=NCCC2)c1)c1ccc(-c2ccccc2Cl)o1. The second-order valence-corrected chi connectivity index (χ2v) is 8.75. The first-order chi connectivity index (χ1) is 14.4. The minimum atomic E-state index is -3.77. The van der Waals surface area contributed by atoms with E-state index in [-0.39, 0.29) is 10.7 Å². The molecule has 2 N–H and O–H groups in total. The number of sulfonamides is 1. The predicted molar refractivity (Wildman–Crippen MR) is 115 cm³/mol. The molecule has 154 valence electrons. The van der Waals surface area contributed by atoms with E-state index in [1.54, 1.807) is 36.4 Å². The Labute approximate surface area is 178 Å². The molecule has 9 heteroatoms. The van der Waals surface area contributed by atoms with Crippen molar-refractivity contribution in [2.45, 2.75) is 17.7 Å². The summed E-state index contributed by atoms with van der Waals surface area (Å²) in [5.41, 5.74) is 0.999. The molecule has 0 saturated carbocycles. The van der Waals surface area contributed by atoms with Crippen molar-refractivity contribution < 1.29 is 17.6 Å². The summed E-state index contributed by atoms with van der Waals surface area (Å²) in [5.74, 6) is 0.489. The number of amides is 1. The van der Waals surface area contributed by atoms with Crippen LogP contribution >= 0.6 is 11.6 Å². The van der Waals surface area contributed by atoms with Gasteiger partial charge in [-0.3, -0.25) is 14.5 Å². The van der Waals surface area contributed by atoms with Gasteiger partial charge in [-0.05, 0) is 48.9 Å². The lowest BCUT2D eigenvalue weighted by molar-refractivity contribution is 0.0997. The van der Waals surface area contributed by atoms with Gasteiger partial charge in [-0.1, -0.05) is 29.8 Å². The van der Waals surface area contributed by atoms with Crippen LogP contribution in [0.2, 0.25) is 5.02 Å². The van der Waals surface area contributed by atoms with Gasteiger partial charge in [-0.15, -0.1) is 0 Å². The molecule has 0 unspecified atom stereocenters. The topological polar surface area (TPSA) is 101 Å². The molecule has 0 radical (unpaired) electrons. The van der Waals surface area contributed by atoms with Gasteiger partial charge in [-0.2, -0.15) is 0 Å². The van der Waals surface area contributed by atoms with Crippen molar-refractivity contribution >= 4 is 39.1 Å². The molecular weight excluding hydrogens is 426 g/mol. The van der Waals surface area contributed by atoms with Gasteiger partial charge in [0.1, 0.15) is 11.6 Å². The van der Waals surface area contributed by atoms with Crippen molar-refractivity contribution in [3.05, 3.63) is 71.4 Å². The van der Waals surface area contributed by atoms with Crippen LogP contribution in [0.5, 0.6) is 0 Å². The average Bonchev–Trinajstić information content (AvgIpc) is 3.40. The van der Waals surface area contributed by atoms with Crippen LogP contribution in [0.15, 0.2) is 75.0 Å². The number of hydrogen-bond donors (Lipinski definition) is 2. The van der Waals surface area contributed by atoms with E-state index in [1.165, 1.54) is 18.2 Å². The number of rotatable bonds is 5. The van der Waals surface area contributed by atoms with E-state index in [4.69, 9.17) is 16.0 Å². The lowest BCUT2D eigenvalue weighted by Gasteiger charge is -2.09. The molecule has 7 nitrogen and oxygen atoms in total. The molecule has 1 aliphatic heterocycles. The summed E-state index contributed by atoms with van der Waals surface area (Å²) >= 11 is 6.17. The number of amidine groups is 1. The van der Waals surface area contributed by atoms with Gasteiger partial charge >= 0.3 is 0 Å². The van der Waals surface area contributed by atoms with Gasteiger partial charge < -0.3 is 9.73 Å². The Morgan fingerprint density at radius 2 is 1.90 bits per heavy atom. The third kappa shape index (κ3) is 4.39. The first-order valence-electron chi connectivity index (χ1n) is 9.25. The Morgan fingerprint density at radius 1 is 1.07 bits per heavy atom. The molecule has 0 fully saturated rings. The first-order valence-corrected chi connectivity index (χ1v) is 11.1. The van der Waals surface area contributed by atoms with Crippen molar-refractivity contribution in [3.63, 3.8) is 0 Å². The third-order valence-electron chi connectivity index (χ3n) is 4.50. The summed E-state index contributed by atoms with van der Waals surface area (Å²) in [6, 6.07) is 16.3. The molecule has 0 spiro atoms. The zero-order valence-corrected chi connectivity index (χ0v) is 17.3. The average molecular weight is 444 g/mol. The van der Waals surface area contributed by atoms with Crippen LogP contribution in [0, 0.1) is 0 Å². The maximum Gasteiger partial charge on any atom is 0.291 e. The summed E-state index contributed by atoms with van der Waals surface area (Å²) in [6.07, 6.45) is 1.43. The van der Waals surface area contributed by atoms with Crippen LogP contribution in [-0.2, 0) is 10.0 Å². The van der Waals surface area contributed by atoms with E-state index in [0.29, 0.717) is 40.8 Å². The van der Waals surface area contributed by atoms with E-state index in [9.17, 15) is 13.2 Å². The monoisotopic (exact) mass is 443 g/mol. The highest BCUT2D eigenvalue weighted by molar-refractivity contribution is 7.90. The molecular formula is C21H18ClN3O4S. The molecule has 2 aromatic carbocycles. The number of carbonyl (C=O) groups is 1. The van der Waals surface area contributed by atoms with Gasteiger partial charge in [0.05, 0.1) is 9.92 Å². The normalized spacial score (nSPS) is 13.7. The molecule has 30 heavy (non-hydrogen) atoms. The maximum absolute atomic E-state index is 12.6. The molecule has 0 saturated heterocycles. The predicted octanol–water partition coefficient (Wildman–Crippen LogP) is 4.32. The number of carbonyl (C=O) groups excluding carboxylic acids is 1. The summed E-state index contributed by atoms with van der Waals surface area (Å²) in [7, 11) is -3.77. The van der Waals surface area contributed by atoms with E-state index in [0.717, 1.165) is 6.42 Å². The van der Waals surface area contributed by atoms with Crippen LogP contribution < -0.4 is 10.0 Å². The number of furan rings is 1. The van der Waals surface area contributed by atoms with Crippen LogP contribution in [0.25, 0.3) is 11.3 Å². The molecule has 2 heterocycles. The largest absolute Gasteiger partial charge is 0.451 e. The molecule has 1 aromatic heterocycles. The van der Waals surface area contributed by atoms with Crippen LogP contribution in [0.4, 0.5) is 5.69 Å². The van der Waals surface area contributed by atoms with Gasteiger partial charge in [0, 0.05) is 24.2 Å². The lowest BCUT2D eigenvalue weighted by atomic mass is 10.2. The Balaban J connectivity index is 1.50. The number of anilines is 1. The van der Waals surface area contributed by atoms with Crippen molar-refractivity contribution in [2.75, 3.05) is 11.9 Å². The van der Waals surface area contributed by atoms with Crippen molar-refractivity contribution in [1.29, 1.82) is 0 Å². The number of halogens is 1. The maximum atomic E-state index is 12.6. The van der Waals surface area contributed by atoms with Gasteiger partial charge in [0.2, 0.25) is 0 Å². The summed E-state index contributed by atoms with van der Waals surface area (Å²) in [5, 5.41) is 3.17. The van der Waals surface area contributed by atoms with Gasteiger partial charge in [0.15, 0.2) is 5.76 Å². The number of nitrogens with zero attached hydrogens (tertiary/aromatic N) is 1. The molecule has 1 amide bonds. The third-order valence-corrected chi connectivity index (χ3v) is 6.21. The zero-order valence-electron chi connectivity index (χ0n) is 15.8. The molecule has 0 atom stereocenters. The van der Waals surface area contributed by atoms with Crippen LogP contribution in [0.3, 0.4) is 0 Å². The number of hydrogen-bond acceptors (Lipinski definition) is 5. The highest BCUT2D eigenvalue weighted by atomic mass is 35.5. The zero-order chi connectivity index (χ0) is 21.1. The summed E-state index contributed by atoms with van der Waals surface area (Å²) in [6.45, 7) is 0.618. The summed E-state index contributed by atoms with van der Waals surface area (Å²) in [4.78, 5) is 16.7. The molecule has 0 bridgehead atoms. The molecule has 4 rings (SSSR count). The Kier molecular flexibility index (Phi) is 5.61. The van der Waals surface area contributed by atoms with Crippen molar-refractivity contribution in [2.24, 2.45) is 4.99 Å². The minimum absolute atomic E-state index is 0.0334. The van der Waals surface area contributed by atoms with Crippen LogP contribution in [-0.4, -0.2) is 26.7 Å². The highest BCUT2D eigenvalue weighted by Crippen LogP contribution is 2.29. The first kappa shape index (κ1) is 20.2. The fourth-order valence-electron chi connectivity index (χ4n) is 3.04. The summed E-state index contributed by atoms with van der Waals surface area (Å²) < 4.78 is 33.2. The molecule has 0 aliphatic carbocycles. The number of benzene rings is 2. The number of aliphatic imine (C=N–C) groups is 1. The fraction of sp³-hybridized carbons (Fsp3) is 0.143. The minimum Gasteiger partial charge on any atom is -0.451 e. The molecule has 3 aromatic rings. The quantitative estimate of drug-likeness (QED) is 0.613. The standard InChI is InChI=1S/C21H18ClN3O4S/c22-17-8-2-1-7-16(17)18-10-11-19(29-18)21(26)24-14-5-3-6-15(13-14)30(27,28)25-20-9-4-12-23-20/h1-3,5-8,10-11,13H,4,9,12H2,(H,23,25)(H,24,26). The highest BCUT2D eigenvalue weighted by Gasteiger charge is 2.19. The fourth-order valence-corrected chi connectivity index (χ4v) is 4.40. The van der Waals surface area contributed by atoms with E-state index >= 15 is 0 Å². The Hall–Kier alpha value is -3.10. The van der Waals surface area contributed by atoms with E-state index < -0.39 is 15.9 Å². The van der Waals surface area contributed by atoms with Gasteiger partial charge in [-0.25, -0.2) is 8.42 Å². The van der Waals surface area contributed by atoms with E-state index in [1.807, 2.05) is 6.07 Å². The van der Waals surface area contributed by atoms with Gasteiger partial charge in [0.25, 0.3) is 15.9 Å². The lowest BCUT2D eigenvalue weighted by Crippen LogP contribution is -2.29. The molecule has 1 aliphatic rings. The van der Waals surface area contributed by atoms with Crippen molar-refractivity contribution in [3.8, 4) is 11.3 Å². The van der Waals surface area contributed by atoms with Crippen LogP contribution in [0.1, 0.15) is 23.4 Å². The second-order valence-electron chi connectivity index (χ2n) is 6.66. The second kappa shape index (κ2) is 8.33. The number of nitrogens with one attached hydrogen (secondary N) is 2.